The zero-order valence-electron chi connectivity index (χ0n) is 10.0. The van der Waals surface area contributed by atoms with E-state index in [4.69, 9.17) is 11.6 Å². The first kappa shape index (κ1) is 11.3. The minimum atomic E-state index is 0.676. The summed E-state index contributed by atoms with van der Waals surface area (Å²) in [5, 5.41) is 0. The Labute approximate surface area is 107 Å². The quantitative estimate of drug-likeness (QED) is 0.771. The number of halogens is 1. The van der Waals surface area contributed by atoms with E-state index in [0.717, 1.165) is 25.2 Å². The van der Waals surface area contributed by atoms with E-state index in [0.29, 0.717) is 11.9 Å². The number of rotatable bonds is 4. The molecule has 2 aliphatic carbocycles. The van der Waals surface area contributed by atoms with Crippen LogP contribution in [0.25, 0.3) is 0 Å². The molecule has 1 saturated carbocycles. The van der Waals surface area contributed by atoms with Gasteiger partial charge in [0.25, 0.3) is 0 Å². The van der Waals surface area contributed by atoms with Gasteiger partial charge >= 0.3 is 0 Å². The molecular weight excluding hydrogens is 234 g/mol. The van der Waals surface area contributed by atoms with Gasteiger partial charge < -0.3 is 4.90 Å². The van der Waals surface area contributed by atoms with Crippen LogP contribution in [0.15, 0.2) is 6.33 Å². The number of anilines is 1. The van der Waals surface area contributed by atoms with Gasteiger partial charge in [0, 0.05) is 29.7 Å². The predicted molar refractivity (Wildman–Crippen MR) is 69.8 cm³/mol. The van der Waals surface area contributed by atoms with E-state index in [-0.39, 0.29) is 0 Å². The van der Waals surface area contributed by atoms with Crippen molar-refractivity contribution in [1.29, 1.82) is 0 Å². The minimum Gasteiger partial charge on any atom is -0.352 e. The first-order chi connectivity index (χ1) is 8.40. The van der Waals surface area contributed by atoms with Crippen molar-refractivity contribution in [2.45, 2.75) is 44.6 Å². The lowest BCUT2D eigenvalue weighted by Gasteiger charge is -2.27. The first-order valence-corrected chi connectivity index (χ1v) is 7.09. The molecule has 0 aliphatic heterocycles. The van der Waals surface area contributed by atoms with Gasteiger partial charge in [0.15, 0.2) is 0 Å². The van der Waals surface area contributed by atoms with Crippen LogP contribution in [0.3, 0.4) is 0 Å². The summed E-state index contributed by atoms with van der Waals surface area (Å²) in [6.45, 7) is 0.912. The van der Waals surface area contributed by atoms with Gasteiger partial charge in [-0.15, -0.1) is 11.6 Å². The summed E-state index contributed by atoms with van der Waals surface area (Å²) in [6.07, 6.45) is 9.09. The fourth-order valence-electron chi connectivity index (χ4n) is 2.69. The van der Waals surface area contributed by atoms with Gasteiger partial charge in [-0.1, -0.05) is 0 Å². The zero-order chi connectivity index (χ0) is 11.7. The molecule has 3 rings (SSSR count). The summed E-state index contributed by atoms with van der Waals surface area (Å²) in [7, 11) is 0. The van der Waals surface area contributed by atoms with E-state index in [2.05, 4.69) is 14.9 Å². The topological polar surface area (TPSA) is 29.0 Å². The predicted octanol–water partition coefficient (Wildman–Crippen LogP) is 2.56. The molecule has 0 unspecified atom stereocenters. The highest BCUT2D eigenvalue weighted by Crippen LogP contribution is 2.34. The van der Waals surface area contributed by atoms with Crippen molar-refractivity contribution in [2.24, 2.45) is 0 Å². The zero-order valence-corrected chi connectivity index (χ0v) is 10.8. The van der Waals surface area contributed by atoms with Gasteiger partial charge in [0.05, 0.1) is 0 Å². The molecule has 92 valence electrons. The normalized spacial score (nSPS) is 18.9. The van der Waals surface area contributed by atoms with E-state index < -0.39 is 0 Å². The maximum atomic E-state index is 5.92. The van der Waals surface area contributed by atoms with Gasteiger partial charge in [0.2, 0.25) is 0 Å². The standard InChI is InChI=1S/C13H18ClN3/c14-7-8-17(10-5-6-10)13-11-3-1-2-4-12(11)15-9-16-13/h9-10H,1-8H2. The highest BCUT2D eigenvalue weighted by molar-refractivity contribution is 6.18. The average molecular weight is 252 g/mol. The van der Waals surface area contributed by atoms with E-state index in [9.17, 15) is 0 Å². The second-order valence-corrected chi connectivity index (χ2v) is 5.32. The number of hydrogen-bond acceptors (Lipinski definition) is 3. The van der Waals surface area contributed by atoms with Crippen LogP contribution in [0.4, 0.5) is 5.82 Å². The second-order valence-electron chi connectivity index (χ2n) is 4.94. The van der Waals surface area contributed by atoms with E-state index in [1.165, 1.54) is 36.9 Å². The summed E-state index contributed by atoms with van der Waals surface area (Å²) < 4.78 is 0. The molecule has 0 radical (unpaired) electrons. The summed E-state index contributed by atoms with van der Waals surface area (Å²) in [6, 6.07) is 0.676. The number of aryl methyl sites for hydroxylation is 1. The molecule has 3 nitrogen and oxygen atoms in total. The molecule has 0 saturated heterocycles. The Bertz CT molecular complexity index is 404. The van der Waals surface area contributed by atoms with Crippen LogP contribution < -0.4 is 4.90 Å². The van der Waals surface area contributed by atoms with Crippen molar-refractivity contribution < 1.29 is 0 Å². The molecule has 1 aromatic rings. The van der Waals surface area contributed by atoms with Gasteiger partial charge in [-0.05, 0) is 38.5 Å². The highest BCUT2D eigenvalue weighted by atomic mass is 35.5. The Morgan fingerprint density at radius 1 is 1.24 bits per heavy atom. The summed E-state index contributed by atoms with van der Waals surface area (Å²) in [5.74, 6) is 1.84. The molecule has 0 N–H and O–H groups in total. The van der Waals surface area contributed by atoms with Gasteiger partial charge in [0.1, 0.15) is 12.1 Å². The molecule has 0 bridgehead atoms. The summed E-state index contributed by atoms with van der Waals surface area (Å²) >= 11 is 5.92. The van der Waals surface area contributed by atoms with Gasteiger partial charge in [-0.25, -0.2) is 9.97 Å². The van der Waals surface area contributed by atoms with Crippen molar-refractivity contribution in [3.63, 3.8) is 0 Å². The van der Waals surface area contributed by atoms with E-state index >= 15 is 0 Å². The van der Waals surface area contributed by atoms with Crippen LogP contribution >= 0.6 is 11.6 Å². The Kier molecular flexibility index (Phi) is 3.19. The van der Waals surface area contributed by atoms with Crippen LogP contribution in [0.1, 0.15) is 36.9 Å². The van der Waals surface area contributed by atoms with Crippen molar-refractivity contribution in [3.05, 3.63) is 17.6 Å². The van der Waals surface area contributed by atoms with Crippen LogP contribution in [0, 0.1) is 0 Å². The molecule has 0 aromatic carbocycles. The molecular formula is C13H18ClN3. The third kappa shape index (κ3) is 2.25. The number of nitrogens with zero attached hydrogens (tertiary/aromatic N) is 3. The molecule has 0 atom stereocenters. The lowest BCUT2D eigenvalue weighted by atomic mass is 9.96. The van der Waals surface area contributed by atoms with Crippen molar-refractivity contribution in [1.82, 2.24) is 9.97 Å². The van der Waals surface area contributed by atoms with Crippen LogP contribution in [0.2, 0.25) is 0 Å². The van der Waals surface area contributed by atoms with Crippen LogP contribution in [0.5, 0.6) is 0 Å². The van der Waals surface area contributed by atoms with Gasteiger partial charge in [-0.2, -0.15) is 0 Å². The largest absolute Gasteiger partial charge is 0.352 e. The number of alkyl halides is 1. The molecule has 1 fully saturated rings. The Morgan fingerprint density at radius 2 is 2.06 bits per heavy atom. The Hall–Kier alpha value is -0.830. The fourth-order valence-corrected chi connectivity index (χ4v) is 2.87. The highest BCUT2D eigenvalue weighted by Gasteiger charge is 2.31. The number of hydrogen-bond donors (Lipinski definition) is 0. The van der Waals surface area contributed by atoms with Crippen LogP contribution in [-0.2, 0) is 12.8 Å². The second kappa shape index (κ2) is 4.81. The van der Waals surface area contributed by atoms with E-state index in [1.807, 2.05) is 0 Å². The number of aromatic nitrogens is 2. The lowest BCUT2D eigenvalue weighted by molar-refractivity contribution is 0.654. The summed E-state index contributed by atoms with van der Waals surface area (Å²) in [5.41, 5.74) is 2.65. The molecule has 0 amide bonds. The first-order valence-electron chi connectivity index (χ1n) is 6.55. The Balaban J connectivity index is 1.94. The summed E-state index contributed by atoms with van der Waals surface area (Å²) in [4.78, 5) is 11.4. The number of fused-ring (bicyclic) bond motifs is 1. The van der Waals surface area contributed by atoms with E-state index in [1.54, 1.807) is 6.33 Å². The molecule has 1 heterocycles. The third-order valence-electron chi connectivity index (χ3n) is 3.69. The van der Waals surface area contributed by atoms with Crippen LogP contribution in [-0.4, -0.2) is 28.4 Å². The fraction of sp³-hybridized carbons (Fsp3) is 0.692. The molecule has 2 aliphatic rings. The third-order valence-corrected chi connectivity index (χ3v) is 3.86. The molecule has 0 spiro atoms. The average Bonchev–Trinajstić information content (AvgIpc) is 3.20. The maximum Gasteiger partial charge on any atom is 0.135 e. The van der Waals surface area contributed by atoms with Crippen molar-refractivity contribution in [3.8, 4) is 0 Å². The van der Waals surface area contributed by atoms with Crippen molar-refractivity contribution >= 4 is 17.4 Å². The van der Waals surface area contributed by atoms with Gasteiger partial charge in [-0.3, -0.25) is 0 Å². The monoisotopic (exact) mass is 251 g/mol. The van der Waals surface area contributed by atoms with Crippen molar-refractivity contribution in [2.75, 3.05) is 17.3 Å². The maximum absolute atomic E-state index is 5.92. The molecule has 17 heavy (non-hydrogen) atoms. The molecule has 1 aromatic heterocycles. The SMILES string of the molecule is ClCCN(c1ncnc2c1CCCC2)C1CC1. The minimum absolute atomic E-state index is 0.676. The molecule has 4 heteroatoms. The Morgan fingerprint density at radius 3 is 2.82 bits per heavy atom. The smallest absolute Gasteiger partial charge is 0.135 e. The lowest BCUT2D eigenvalue weighted by Crippen LogP contribution is -2.30.